The highest BCUT2D eigenvalue weighted by Crippen LogP contribution is 2.41. The van der Waals surface area contributed by atoms with E-state index in [2.05, 4.69) is 167 Å². The topological polar surface area (TPSA) is 21.3 Å². The summed E-state index contributed by atoms with van der Waals surface area (Å²) in [6.07, 6.45) is 0. The minimum atomic E-state index is -0.248. The van der Waals surface area contributed by atoms with E-state index < -0.39 is 0 Å². The first-order valence-corrected chi connectivity index (χ1v) is 18.9. The van der Waals surface area contributed by atoms with Crippen LogP contribution in [0.1, 0.15) is 0 Å². The van der Waals surface area contributed by atoms with Gasteiger partial charge in [-0.2, -0.15) is 0 Å². The van der Waals surface area contributed by atoms with Gasteiger partial charge in [0.25, 0.3) is 0 Å². The Morgan fingerprint density at radius 1 is 0.411 bits per heavy atom. The second-order valence-electron chi connectivity index (χ2n) is 14.3. The molecule has 11 rings (SSSR count). The molecule has 0 fully saturated rings. The Bertz CT molecular complexity index is 3270. The second kappa shape index (κ2) is 12.9. The van der Waals surface area contributed by atoms with Crippen molar-refractivity contribution in [1.82, 2.24) is 4.57 Å². The molecule has 0 aliphatic heterocycles. The van der Waals surface area contributed by atoms with Crippen molar-refractivity contribution in [2.24, 2.45) is 0 Å². The number of hydrogen-bond acceptors (Lipinski definition) is 2. The Kier molecular flexibility index (Phi) is 7.36. The van der Waals surface area contributed by atoms with Crippen molar-refractivity contribution < 1.29 is 8.81 Å². The van der Waals surface area contributed by atoms with Crippen molar-refractivity contribution in [3.63, 3.8) is 0 Å². The molecule has 0 N–H and O–H groups in total. The number of rotatable bonds is 6. The zero-order chi connectivity index (χ0) is 37.2. The number of hydrogen-bond donors (Lipinski definition) is 0. The van der Waals surface area contributed by atoms with Gasteiger partial charge in [0.15, 0.2) is 0 Å². The van der Waals surface area contributed by atoms with E-state index in [1.807, 2.05) is 30.3 Å². The van der Waals surface area contributed by atoms with Crippen molar-refractivity contribution in [3.8, 4) is 27.9 Å². The van der Waals surface area contributed by atoms with Crippen LogP contribution in [-0.2, 0) is 0 Å². The summed E-state index contributed by atoms with van der Waals surface area (Å²) in [6.45, 7) is 0. The first kappa shape index (κ1) is 32.0. The molecule has 4 heteroatoms. The smallest absolute Gasteiger partial charge is 0.143 e. The monoisotopic (exact) mass is 720 g/mol. The molecule has 0 spiro atoms. The van der Waals surface area contributed by atoms with Gasteiger partial charge in [-0.1, -0.05) is 121 Å². The van der Waals surface area contributed by atoms with E-state index in [0.717, 1.165) is 88.7 Å². The van der Waals surface area contributed by atoms with Crippen molar-refractivity contribution in [2.45, 2.75) is 0 Å². The van der Waals surface area contributed by atoms with Crippen molar-refractivity contribution in [1.29, 1.82) is 0 Å². The number of para-hydroxylation sites is 3. The lowest BCUT2D eigenvalue weighted by Crippen LogP contribution is -2.09. The maximum absolute atomic E-state index is 14.6. The molecule has 11 aromatic rings. The molecule has 0 aliphatic carbocycles. The lowest BCUT2D eigenvalue weighted by molar-refractivity contribution is 0.629. The molecule has 2 heterocycles. The quantitative estimate of drug-likeness (QED) is 0.171. The Morgan fingerprint density at radius 2 is 1.07 bits per heavy atom. The van der Waals surface area contributed by atoms with Gasteiger partial charge in [-0.15, -0.1) is 0 Å². The Hall–Kier alpha value is -7.43. The van der Waals surface area contributed by atoms with Crippen LogP contribution in [0.2, 0.25) is 0 Å². The molecule has 0 saturated heterocycles. The summed E-state index contributed by atoms with van der Waals surface area (Å²) in [5, 5.41) is 6.76. The molecule has 56 heavy (non-hydrogen) atoms. The van der Waals surface area contributed by atoms with E-state index in [1.165, 1.54) is 16.8 Å². The van der Waals surface area contributed by atoms with Gasteiger partial charge in [0.05, 0.1) is 11.0 Å². The summed E-state index contributed by atoms with van der Waals surface area (Å²) in [4.78, 5) is 2.31. The maximum atomic E-state index is 14.6. The van der Waals surface area contributed by atoms with Gasteiger partial charge in [0.2, 0.25) is 0 Å². The van der Waals surface area contributed by atoms with Crippen LogP contribution in [0, 0.1) is 5.82 Å². The molecule has 9 aromatic carbocycles. The molecular weight excluding hydrogens is 688 g/mol. The lowest BCUT2D eigenvalue weighted by atomic mass is 10.0. The number of furan rings is 1. The standard InChI is InChI=1S/C52H33FN2O/c53-39-24-30-46-45-13-3-5-17-49(45)55(50(46)33-39)42-12-7-11-38(31-42)35-19-25-40(26-20-35)54(43-29-21-34-9-1-2-10-37(34)32-43)41-27-22-36(23-28-41)44-15-8-16-48-47-14-4-6-18-51(47)56-52(44)48/h1-33H. The Balaban J connectivity index is 0.988. The molecule has 3 nitrogen and oxygen atoms in total. The lowest BCUT2D eigenvalue weighted by Gasteiger charge is -2.26. The predicted molar refractivity (Wildman–Crippen MR) is 231 cm³/mol. The van der Waals surface area contributed by atoms with E-state index in [4.69, 9.17) is 4.42 Å². The average Bonchev–Trinajstić information content (AvgIpc) is 3.80. The van der Waals surface area contributed by atoms with Crippen LogP contribution >= 0.6 is 0 Å². The molecule has 0 saturated carbocycles. The molecule has 2 aromatic heterocycles. The van der Waals surface area contributed by atoms with Gasteiger partial charge < -0.3 is 13.9 Å². The SMILES string of the molecule is Fc1ccc2c3ccccc3n(-c3cccc(-c4ccc(N(c5ccc(-c6cccc7c6oc6ccccc67)cc5)c5ccc6ccccc6c5)cc4)c3)c2c1. The molecule has 0 atom stereocenters. The predicted octanol–water partition coefficient (Wildman–Crippen LogP) is 14.8. The van der Waals surface area contributed by atoms with Crippen molar-refractivity contribution in [2.75, 3.05) is 4.90 Å². The van der Waals surface area contributed by atoms with Crippen molar-refractivity contribution in [3.05, 3.63) is 206 Å². The summed E-state index contributed by atoms with van der Waals surface area (Å²) < 4.78 is 23.1. The van der Waals surface area contributed by atoms with E-state index >= 15 is 0 Å². The zero-order valence-corrected chi connectivity index (χ0v) is 30.2. The van der Waals surface area contributed by atoms with Crippen LogP contribution in [0.25, 0.3) is 82.5 Å². The Labute approximate surface area is 322 Å². The number of benzene rings is 9. The van der Waals surface area contributed by atoms with E-state index in [1.54, 1.807) is 6.07 Å². The fraction of sp³-hybridized carbons (Fsp3) is 0. The molecular formula is C52H33FN2O. The van der Waals surface area contributed by atoms with Crippen LogP contribution in [0.4, 0.5) is 21.5 Å². The Morgan fingerprint density at radius 3 is 1.91 bits per heavy atom. The highest BCUT2D eigenvalue weighted by molar-refractivity contribution is 6.10. The molecule has 0 aliphatic rings. The van der Waals surface area contributed by atoms with E-state index in [0.29, 0.717) is 0 Å². The van der Waals surface area contributed by atoms with Gasteiger partial charge >= 0.3 is 0 Å². The molecule has 264 valence electrons. The molecule has 0 amide bonds. The first-order chi connectivity index (χ1) is 27.7. The van der Waals surface area contributed by atoms with Crippen LogP contribution in [0.15, 0.2) is 205 Å². The van der Waals surface area contributed by atoms with Gasteiger partial charge in [-0.25, -0.2) is 4.39 Å². The molecule has 0 unspecified atom stereocenters. The summed E-state index contributed by atoms with van der Waals surface area (Å²) in [5.74, 6) is -0.248. The second-order valence-corrected chi connectivity index (χ2v) is 14.3. The third-order valence-electron chi connectivity index (χ3n) is 11.0. The molecule has 0 radical (unpaired) electrons. The van der Waals surface area contributed by atoms with Crippen LogP contribution in [0.3, 0.4) is 0 Å². The number of aromatic nitrogens is 1. The minimum absolute atomic E-state index is 0.248. The largest absolute Gasteiger partial charge is 0.455 e. The highest BCUT2D eigenvalue weighted by atomic mass is 19.1. The first-order valence-electron chi connectivity index (χ1n) is 18.9. The van der Waals surface area contributed by atoms with Crippen LogP contribution < -0.4 is 4.90 Å². The van der Waals surface area contributed by atoms with Gasteiger partial charge in [-0.3, -0.25) is 0 Å². The van der Waals surface area contributed by atoms with Gasteiger partial charge in [0.1, 0.15) is 17.0 Å². The third-order valence-corrected chi connectivity index (χ3v) is 11.0. The number of anilines is 3. The fourth-order valence-electron chi connectivity index (χ4n) is 8.38. The summed E-state index contributed by atoms with van der Waals surface area (Å²) >= 11 is 0. The van der Waals surface area contributed by atoms with Crippen LogP contribution in [-0.4, -0.2) is 4.57 Å². The van der Waals surface area contributed by atoms with Crippen molar-refractivity contribution >= 4 is 71.6 Å². The summed E-state index contributed by atoms with van der Waals surface area (Å²) in [6, 6.07) is 69.0. The number of halogens is 1. The third kappa shape index (κ3) is 5.26. The van der Waals surface area contributed by atoms with Gasteiger partial charge in [0, 0.05) is 49.9 Å². The van der Waals surface area contributed by atoms with E-state index in [9.17, 15) is 4.39 Å². The number of fused-ring (bicyclic) bond motifs is 7. The van der Waals surface area contributed by atoms with Gasteiger partial charge in [-0.05, 0) is 106 Å². The summed E-state index contributed by atoms with van der Waals surface area (Å²) in [5.41, 5.74) is 12.2. The normalized spacial score (nSPS) is 11.7. The van der Waals surface area contributed by atoms with Crippen LogP contribution in [0.5, 0.6) is 0 Å². The van der Waals surface area contributed by atoms with E-state index in [-0.39, 0.29) is 5.82 Å². The number of nitrogens with zero attached hydrogens (tertiary/aromatic N) is 2. The maximum Gasteiger partial charge on any atom is 0.143 e. The fourth-order valence-corrected chi connectivity index (χ4v) is 8.38. The molecule has 0 bridgehead atoms. The average molecular weight is 721 g/mol. The summed E-state index contributed by atoms with van der Waals surface area (Å²) in [7, 11) is 0. The highest BCUT2D eigenvalue weighted by Gasteiger charge is 2.17. The zero-order valence-electron chi connectivity index (χ0n) is 30.2. The minimum Gasteiger partial charge on any atom is -0.455 e.